The van der Waals surface area contributed by atoms with Gasteiger partial charge in [-0.15, -0.1) is 0 Å². The summed E-state index contributed by atoms with van der Waals surface area (Å²) in [4.78, 5) is 37.1. The van der Waals surface area contributed by atoms with Gasteiger partial charge in [0.1, 0.15) is 18.1 Å². The SMILES string of the molecule is CN1C(=O)c2ccccc2OC1(C)COc1ccc(CC2SC(=O)NC2=O)cc1. The maximum Gasteiger partial charge on any atom is 0.286 e. The molecule has 2 heterocycles. The van der Waals surface area contributed by atoms with Crippen LogP contribution in [0, 0.1) is 0 Å². The Bertz CT molecular complexity index is 977. The molecule has 4 rings (SSSR count). The first-order valence-electron chi connectivity index (χ1n) is 9.15. The van der Waals surface area contributed by atoms with Crippen LogP contribution in [0.3, 0.4) is 0 Å². The molecule has 2 aliphatic rings. The van der Waals surface area contributed by atoms with Gasteiger partial charge in [0, 0.05) is 7.05 Å². The zero-order chi connectivity index (χ0) is 20.6. The van der Waals surface area contributed by atoms with Crippen molar-refractivity contribution in [3.63, 3.8) is 0 Å². The van der Waals surface area contributed by atoms with Gasteiger partial charge >= 0.3 is 0 Å². The number of nitrogens with zero attached hydrogens (tertiary/aromatic N) is 1. The zero-order valence-electron chi connectivity index (χ0n) is 16.0. The molecule has 8 heteroatoms. The summed E-state index contributed by atoms with van der Waals surface area (Å²) in [5.74, 6) is 0.794. The lowest BCUT2D eigenvalue weighted by molar-refractivity contribution is -0.118. The first-order chi connectivity index (χ1) is 13.9. The Morgan fingerprint density at radius 3 is 2.55 bits per heavy atom. The fraction of sp³-hybridized carbons (Fsp3) is 0.286. The van der Waals surface area contributed by atoms with Crippen molar-refractivity contribution in [3.8, 4) is 11.5 Å². The Labute approximate surface area is 172 Å². The highest BCUT2D eigenvalue weighted by Gasteiger charge is 2.42. The summed E-state index contributed by atoms with van der Waals surface area (Å²) < 4.78 is 11.9. The number of rotatable bonds is 5. The number of ether oxygens (including phenoxy) is 2. The van der Waals surface area contributed by atoms with Gasteiger partial charge in [-0.3, -0.25) is 19.7 Å². The molecule has 0 spiro atoms. The van der Waals surface area contributed by atoms with Crippen molar-refractivity contribution in [1.82, 2.24) is 10.2 Å². The van der Waals surface area contributed by atoms with Gasteiger partial charge in [-0.2, -0.15) is 0 Å². The lowest BCUT2D eigenvalue weighted by Crippen LogP contribution is -2.58. The van der Waals surface area contributed by atoms with Crippen LogP contribution < -0.4 is 14.8 Å². The van der Waals surface area contributed by atoms with Crippen LogP contribution in [0.2, 0.25) is 0 Å². The van der Waals surface area contributed by atoms with Crippen molar-refractivity contribution in [2.45, 2.75) is 24.3 Å². The second-order valence-corrected chi connectivity index (χ2v) is 8.33. The maximum absolute atomic E-state index is 12.6. The van der Waals surface area contributed by atoms with E-state index in [0.29, 0.717) is 23.5 Å². The molecule has 0 radical (unpaired) electrons. The first-order valence-corrected chi connectivity index (χ1v) is 10.0. The molecule has 1 saturated heterocycles. The topological polar surface area (TPSA) is 84.9 Å². The number of amides is 3. The van der Waals surface area contributed by atoms with Gasteiger partial charge in [0.15, 0.2) is 0 Å². The van der Waals surface area contributed by atoms with E-state index in [1.165, 1.54) is 4.90 Å². The van der Waals surface area contributed by atoms with Crippen LogP contribution in [-0.2, 0) is 11.2 Å². The van der Waals surface area contributed by atoms with E-state index in [0.717, 1.165) is 17.3 Å². The molecule has 3 amide bonds. The molecule has 2 aromatic carbocycles. The summed E-state index contributed by atoms with van der Waals surface area (Å²) in [5, 5.41) is 1.58. The van der Waals surface area contributed by atoms with Gasteiger partial charge in [-0.05, 0) is 43.2 Å². The average Bonchev–Trinajstić information content (AvgIpc) is 3.02. The fourth-order valence-corrected chi connectivity index (χ4v) is 4.10. The number of carbonyl (C=O) groups excluding carboxylic acids is 3. The minimum Gasteiger partial charge on any atom is -0.487 e. The van der Waals surface area contributed by atoms with Crippen LogP contribution in [0.5, 0.6) is 11.5 Å². The molecule has 0 saturated carbocycles. The van der Waals surface area contributed by atoms with E-state index in [4.69, 9.17) is 9.47 Å². The Morgan fingerprint density at radius 1 is 1.14 bits per heavy atom. The van der Waals surface area contributed by atoms with Crippen molar-refractivity contribution in [2.24, 2.45) is 0 Å². The number of imide groups is 1. The van der Waals surface area contributed by atoms with E-state index >= 15 is 0 Å². The van der Waals surface area contributed by atoms with Crippen molar-refractivity contribution < 1.29 is 23.9 Å². The van der Waals surface area contributed by atoms with Gasteiger partial charge in [-0.1, -0.05) is 36.0 Å². The van der Waals surface area contributed by atoms with E-state index in [2.05, 4.69) is 5.32 Å². The Balaban J connectivity index is 1.40. The van der Waals surface area contributed by atoms with Crippen LogP contribution in [0.4, 0.5) is 4.79 Å². The summed E-state index contributed by atoms with van der Waals surface area (Å²) in [6.45, 7) is 1.96. The predicted molar refractivity (Wildman–Crippen MR) is 108 cm³/mol. The van der Waals surface area contributed by atoms with Crippen molar-refractivity contribution >= 4 is 28.8 Å². The fourth-order valence-electron chi connectivity index (χ4n) is 3.24. The van der Waals surface area contributed by atoms with E-state index in [1.54, 1.807) is 37.4 Å². The minimum absolute atomic E-state index is 0.116. The lowest BCUT2D eigenvalue weighted by atomic mass is 10.1. The summed E-state index contributed by atoms with van der Waals surface area (Å²) >= 11 is 1.01. The molecule has 0 bridgehead atoms. The number of benzene rings is 2. The number of likely N-dealkylation sites (N-methyl/N-ethyl adjacent to an activating group) is 1. The number of hydrogen-bond acceptors (Lipinski definition) is 6. The molecular weight excluding hydrogens is 392 g/mol. The summed E-state index contributed by atoms with van der Waals surface area (Å²) in [7, 11) is 1.69. The molecule has 2 aliphatic heterocycles. The molecule has 1 N–H and O–H groups in total. The molecule has 29 heavy (non-hydrogen) atoms. The van der Waals surface area contributed by atoms with Crippen LogP contribution in [-0.4, -0.2) is 46.6 Å². The van der Waals surface area contributed by atoms with E-state index in [9.17, 15) is 14.4 Å². The van der Waals surface area contributed by atoms with Gasteiger partial charge < -0.3 is 14.4 Å². The van der Waals surface area contributed by atoms with E-state index in [-0.39, 0.29) is 23.7 Å². The van der Waals surface area contributed by atoms with Gasteiger partial charge in [0.25, 0.3) is 11.1 Å². The predicted octanol–water partition coefficient (Wildman–Crippen LogP) is 2.84. The summed E-state index contributed by atoms with van der Waals surface area (Å²) in [6.07, 6.45) is 0.470. The molecule has 150 valence electrons. The quantitative estimate of drug-likeness (QED) is 0.813. The number of thioether (sulfide) groups is 1. The summed E-state index contributed by atoms with van der Waals surface area (Å²) in [5.41, 5.74) is 0.522. The number of hydrogen-bond donors (Lipinski definition) is 1. The van der Waals surface area contributed by atoms with Crippen molar-refractivity contribution in [3.05, 3.63) is 59.7 Å². The Hall–Kier alpha value is -3.00. The van der Waals surface area contributed by atoms with E-state index < -0.39 is 11.0 Å². The zero-order valence-corrected chi connectivity index (χ0v) is 16.8. The number of nitrogens with one attached hydrogen (secondary N) is 1. The molecule has 0 aromatic heterocycles. The van der Waals surface area contributed by atoms with Crippen LogP contribution >= 0.6 is 11.8 Å². The third-order valence-electron chi connectivity index (χ3n) is 5.08. The van der Waals surface area contributed by atoms with Crippen LogP contribution in [0.1, 0.15) is 22.8 Å². The second-order valence-electron chi connectivity index (χ2n) is 7.16. The van der Waals surface area contributed by atoms with Gasteiger partial charge in [-0.25, -0.2) is 0 Å². The largest absolute Gasteiger partial charge is 0.487 e. The highest BCUT2D eigenvalue weighted by Crippen LogP contribution is 2.33. The maximum atomic E-state index is 12.6. The highest BCUT2D eigenvalue weighted by molar-refractivity contribution is 8.15. The standard InChI is InChI=1S/C21H20N2O5S/c1-21(23(2)19(25)15-5-3-4-6-16(15)28-21)12-27-14-9-7-13(8-10-14)11-17-18(24)22-20(26)29-17/h3-10,17H,11-12H2,1-2H3,(H,22,24,26). The highest BCUT2D eigenvalue weighted by atomic mass is 32.2. The third-order valence-corrected chi connectivity index (χ3v) is 6.06. The van der Waals surface area contributed by atoms with Gasteiger partial charge in [0.05, 0.1) is 10.8 Å². The molecule has 7 nitrogen and oxygen atoms in total. The van der Waals surface area contributed by atoms with E-state index in [1.807, 2.05) is 25.1 Å². The van der Waals surface area contributed by atoms with Crippen molar-refractivity contribution in [1.29, 1.82) is 0 Å². The number of para-hydroxylation sites is 1. The van der Waals surface area contributed by atoms with Crippen LogP contribution in [0.15, 0.2) is 48.5 Å². The normalized spacial score (nSPS) is 23.4. The number of carbonyl (C=O) groups is 3. The third kappa shape index (κ3) is 3.80. The molecule has 2 atom stereocenters. The molecule has 0 aliphatic carbocycles. The lowest BCUT2D eigenvalue weighted by Gasteiger charge is -2.42. The Morgan fingerprint density at radius 2 is 1.86 bits per heavy atom. The molecule has 2 unspecified atom stereocenters. The molecule has 1 fully saturated rings. The van der Waals surface area contributed by atoms with Crippen molar-refractivity contribution in [2.75, 3.05) is 13.7 Å². The minimum atomic E-state index is -0.941. The first kappa shape index (κ1) is 19.3. The average molecular weight is 412 g/mol. The smallest absolute Gasteiger partial charge is 0.286 e. The molecular formula is C21H20N2O5S. The van der Waals surface area contributed by atoms with Gasteiger partial charge in [0.2, 0.25) is 11.6 Å². The second kappa shape index (κ2) is 7.44. The monoisotopic (exact) mass is 412 g/mol. The molecule has 2 aromatic rings. The Kier molecular flexibility index (Phi) is 4.96. The number of fused-ring (bicyclic) bond motifs is 1. The summed E-state index contributed by atoms with van der Waals surface area (Å²) in [6, 6.07) is 14.5. The van der Waals surface area contributed by atoms with Crippen LogP contribution in [0.25, 0.3) is 0 Å².